The van der Waals surface area contributed by atoms with Gasteiger partial charge in [-0.05, 0) is 32.1 Å². The number of hydrogen-bond donors (Lipinski definition) is 0. The number of nitrogens with zero attached hydrogens (tertiary/aromatic N) is 1. The first-order valence-electron chi connectivity index (χ1n) is 6.56. The maximum absolute atomic E-state index is 10.9. The number of unbranched alkanes of at least 4 members (excludes halogenated alkanes) is 2. The predicted octanol–water partition coefficient (Wildman–Crippen LogP) is 3.29. The summed E-state index contributed by atoms with van der Waals surface area (Å²) < 4.78 is 4.54. The Balaban J connectivity index is 2.23. The van der Waals surface area contributed by atoms with Gasteiger partial charge < -0.3 is 4.74 Å². The number of esters is 1. The summed E-state index contributed by atoms with van der Waals surface area (Å²) in [6.45, 7) is 2.22. The van der Waals surface area contributed by atoms with Crippen molar-refractivity contribution >= 4 is 11.7 Å². The van der Waals surface area contributed by atoms with Crippen LogP contribution in [0, 0.1) is 0 Å². The minimum atomic E-state index is -0.282. The minimum Gasteiger partial charge on any atom is -0.466 e. The molecule has 0 aromatic carbocycles. The Labute approximate surface area is 104 Å². The molecule has 0 unspecified atom stereocenters. The zero-order chi connectivity index (χ0) is 12.5. The second kappa shape index (κ2) is 8.04. The van der Waals surface area contributed by atoms with Crippen LogP contribution in [-0.4, -0.2) is 24.8 Å². The van der Waals surface area contributed by atoms with Gasteiger partial charge in [0.25, 0.3) is 0 Å². The predicted molar refractivity (Wildman–Crippen MR) is 70.4 cm³/mol. The quantitative estimate of drug-likeness (QED) is 0.387. The average molecular weight is 237 g/mol. The third-order valence-electron chi connectivity index (χ3n) is 3.06. The summed E-state index contributed by atoms with van der Waals surface area (Å²) in [5.41, 5.74) is 1.37. The van der Waals surface area contributed by atoms with E-state index in [1.165, 1.54) is 38.2 Å². The van der Waals surface area contributed by atoms with Crippen molar-refractivity contribution in [3.8, 4) is 0 Å². The third kappa shape index (κ3) is 5.66. The van der Waals surface area contributed by atoms with Gasteiger partial charge in [0.15, 0.2) is 0 Å². The van der Waals surface area contributed by atoms with Gasteiger partial charge in [-0.1, -0.05) is 25.8 Å². The highest BCUT2D eigenvalue weighted by Gasteiger charge is 2.15. The van der Waals surface area contributed by atoms with Crippen LogP contribution in [0.2, 0.25) is 0 Å². The standard InChI is InChI=1S/C14H23NO2/c1-3-4-5-7-12-10-11-13(15-12)8-6-9-14(16)17-2/h6,9,13H,3-5,7-8,10-11H2,1-2H3/t13-/m1/s1. The van der Waals surface area contributed by atoms with E-state index in [0.29, 0.717) is 6.04 Å². The molecule has 0 aliphatic carbocycles. The minimum absolute atomic E-state index is 0.282. The number of hydrogen-bond acceptors (Lipinski definition) is 3. The lowest BCUT2D eigenvalue weighted by Crippen LogP contribution is -1.98. The fourth-order valence-electron chi connectivity index (χ4n) is 2.05. The van der Waals surface area contributed by atoms with Crippen LogP contribution in [0.4, 0.5) is 0 Å². The van der Waals surface area contributed by atoms with Crippen LogP contribution in [0.5, 0.6) is 0 Å². The molecule has 1 heterocycles. The Morgan fingerprint density at radius 1 is 1.53 bits per heavy atom. The molecule has 0 amide bonds. The van der Waals surface area contributed by atoms with Crippen molar-refractivity contribution in [1.29, 1.82) is 0 Å². The lowest BCUT2D eigenvalue weighted by atomic mass is 10.1. The molecular formula is C14H23NO2. The fraction of sp³-hybridized carbons (Fsp3) is 0.714. The highest BCUT2D eigenvalue weighted by Crippen LogP contribution is 2.20. The van der Waals surface area contributed by atoms with Crippen LogP contribution < -0.4 is 0 Å². The molecule has 0 saturated heterocycles. The molecule has 1 rings (SSSR count). The van der Waals surface area contributed by atoms with Gasteiger partial charge in [-0.15, -0.1) is 0 Å². The summed E-state index contributed by atoms with van der Waals surface area (Å²) in [7, 11) is 1.40. The summed E-state index contributed by atoms with van der Waals surface area (Å²) in [5.74, 6) is -0.282. The van der Waals surface area contributed by atoms with Gasteiger partial charge in [0.1, 0.15) is 0 Å². The molecule has 0 saturated carbocycles. The van der Waals surface area contributed by atoms with Gasteiger partial charge in [-0.2, -0.15) is 0 Å². The number of aliphatic imine (C=N–C) groups is 1. The number of carbonyl (C=O) groups excluding carboxylic acids is 1. The van der Waals surface area contributed by atoms with E-state index in [4.69, 9.17) is 4.99 Å². The van der Waals surface area contributed by atoms with Crippen molar-refractivity contribution in [2.24, 2.45) is 4.99 Å². The molecule has 0 bridgehead atoms. The van der Waals surface area contributed by atoms with Crippen molar-refractivity contribution in [3.05, 3.63) is 12.2 Å². The van der Waals surface area contributed by atoms with Gasteiger partial charge in [0.2, 0.25) is 0 Å². The van der Waals surface area contributed by atoms with Crippen molar-refractivity contribution in [1.82, 2.24) is 0 Å². The normalized spacial score (nSPS) is 19.6. The van der Waals surface area contributed by atoms with E-state index in [1.54, 1.807) is 0 Å². The molecule has 1 atom stereocenters. The van der Waals surface area contributed by atoms with Gasteiger partial charge in [-0.25, -0.2) is 4.79 Å². The van der Waals surface area contributed by atoms with Crippen LogP contribution in [0.3, 0.4) is 0 Å². The van der Waals surface area contributed by atoms with E-state index >= 15 is 0 Å². The Hall–Kier alpha value is -1.12. The zero-order valence-electron chi connectivity index (χ0n) is 10.9. The first-order chi connectivity index (χ1) is 8.26. The van der Waals surface area contributed by atoms with Gasteiger partial charge in [-0.3, -0.25) is 4.99 Å². The maximum atomic E-state index is 10.9. The Bertz CT molecular complexity index is 295. The van der Waals surface area contributed by atoms with E-state index in [1.807, 2.05) is 6.08 Å². The molecule has 0 N–H and O–H groups in total. The fourth-order valence-corrected chi connectivity index (χ4v) is 2.05. The van der Waals surface area contributed by atoms with Gasteiger partial charge in [0, 0.05) is 11.8 Å². The summed E-state index contributed by atoms with van der Waals surface area (Å²) >= 11 is 0. The van der Waals surface area contributed by atoms with E-state index in [0.717, 1.165) is 25.7 Å². The lowest BCUT2D eigenvalue weighted by molar-refractivity contribution is -0.134. The summed E-state index contributed by atoms with van der Waals surface area (Å²) in [4.78, 5) is 15.6. The largest absolute Gasteiger partial charge is 0.466 e. The van der Waals surface area contributed by atoms with Crippen LogP contribution in [0.1, 0.15) is 51.9 Å². The highest BCUT2D eigenvalue weighted by atomic mass is 16.5. The van der Waals surface area contributed by atoms with Gasteiger partial charge in [0.05, 0.1) is 13.2 Å². The van der Waals surface area contributed by atoms with Crippen LogP contribution in [0.15, 0.2) is 17.1 Å². The number of rotatable bonds is 7. The van der Waals surface area contributed by atoms with Crippen LogP contribution >= 0.6 is 0 Å². The van der Waals surface area contributed by atoms with Crippen molar-refractivity contribution < 1.29 is 9.53 Å². The first-order valence-corrected chi connectivity index (χ1v) is 6.56. The summed E-state index contributed by atoms with van der Waals surface area (Å²) in [6.07, 6.45) is 11.5. The van der Waals surface area contributed by atoms with Crippen LogP contribution in [-0.2, 0) is 9.53 Å². The van der Waals surface area contributed by atoms with Crippen molar-refractivity contribution in [2.75, 3.05) is 7.11 Å². The average Bonchev–Trinajstić information content (AvgIpc) is 2.77. The smallest absolute Gasteiger partial charge is 0.330 e. The number of methoxy groups -OCH3 is 1. The molecule has 3 heteroatoms. The maximum Gasteiger partial charge on any atom is 0.330 e. The Morgan fingerprint density at radius 2 is 2.35 bits per heavy atom. The molecule has 17 heavy (non-hydrogen) atoms. The lowest BCUT2D eigenvalue weighted by Gasteiger charge is -2.00. The van der Waals surface area contributed by atoms with Crippen molar-refractivity contribution in [2.45, 2.75) is 57.9 Å². The molecule has 0 aromatic rings. The molecule has 1 aliphatic rings. The van der Waals surface area contributed by atoms with E-state index < -0.39 is 0 Å². The second-order valence-corrected chi connectivity index (χ2v) is 4.51. The van der Waals surface area contributed by atoms with E-state index in [9.17, 15) is 4.79 Å². The Kier molecular flexibility index (Phi) is 6.60. The first kappa shape index (κ1) is 13.9. The monoisotopic (exact) mass is 237 g/mol. The molecule has 96 valence electrons. The highest BCUT2D eigenvalue weighted by molar-refractivity contribution is 5.86. The summed E-state index contributed by atoms with van der Waals surface area (Å²) in [5, 5.41) is 0. The molecule has 1 aliphatic heterocycles. The number of ether oxygens (including phenoxy) is 1. The molecular weight excluding hydrogens is 214 g/mol. The molecule has 0 fully saturated rings. The number of carbonyl (C=O) groups is 1. The topological polar surface area (TPSA) is 38.7 Å². The van der Waals surface area contributed by atoms with Gasteiger partial charge >= 0.3 is 5.97 Å². The van der Waals surface area contributed by atoms with E-state index in [-0.39, 0.29) is 5.97 Å². The SMILES string of the molecule is CCCCCC1=N[C@H](CC=CC(=O)OC)CC1. The van der Waals surface area contributed by atoms with E-state index in [2.05, 4.69) is 11.7 Å². The Morgan fingerprint density at radius 3 is 3.06 bits per heavy atom. The second-order valence-electron chi connectivity index (χ2n) is 4.51. The molecule has 0 spiro atoms. The molecule has 3 nitrogen and oxygen atoms in total. The molecule has 0 radical (unpaired) electrons. The zero-order valence-corrected chi connectivity index (χ0v) is 10.9. The van der Waals surface area contributed by atoms with Crippen molar-refractivity contribution in [3.63, 3.8) is 0 Å². The molecule has 0 aromatic heterocycles. The van der Waals surface area contributed by atoms with Crippen LogP contribution in [0.25, 0.3) is 0 Å². The third-order valence-corrected chi connectivity index (χ3v) is 3.06. The summed E-state index contributed by atoms with van der Waals surface area (Å²) in [6, 6.07) is 0.382.